The van der Waals surface area contributed by atoms with Gasteiger partial charge in [-0.25, -0.2) is 4.98 Å². The number of piperidine rings is 1. The predicted molar refractivity (Wildman–Crippen MR) is 122 cm³/mol. The molecule has 4 rings (SSSR count). The van der Waals surface area contributed by atoms with Gasteiger partial charge < -0.3 is 15.3 Å². The van der Waals surface area contributed by atoms with Gasteiger partial charge in [0.1, 0.15) is 5.82 Å². The number of likely N-dealkylation sites (tertiary alicyclic amines) is 1. The Balaban J connectivity index is 1.46. The topological polar surface area (TPSA) is 78.4 Å². The third-order valence-electron chi connectivity index (χ3n) is 6.70. The first-order valence-corrected chi connectivity index (χ1v) is 11.6. The summed E-state index contributed by atoms with van der Waals surface area (Å²) in [7, 11) is 0. The SMILES string of the molecule is Cc1cc(Nc2ncccc2C)cc([C@H]2CCCN(C(=O)CC3(O)CCCCC3)C2)n1. The van der Waals surface area contributed by atoms with E-state index in [0.717, 1.165) is 79.9 Å². The first-order valence-electron chi connectivity index (χ1n) is 11.6. The standard InChI is InChI=1S/C25H34N4O2/c1-18-8-6-12-26-24(18)28-21-14-19(2)27-22(15-21)20-9-7-13-29(17-20)23(30)16-25(31)10-4-3-5-11-25/h6,8,12,14-15,20,31H,3-5,7,9-11,13,16-17H2,1-2H3,(H,26,27,28)/t20-/m0/s1. The summed E-state index contributed by atoms with van der Waals surface area (Å²) in [6.07, 6.45) is 8.72. The van der Waals surface area contributed by atoms with E-state index < -0.39 is 5.60 Å². The highest BCUT2D eigenvalue weighted by Gasteiger charge is 2.35. The summed E-state index contributed by atoms with van der Waals surface area (Å²) in [5, 5.41) is 14.2. The van der Waals surface area contributed by atoms with E-state index in [-0.39, 0.29) is 18.2 Å². The molecule has 1 aliphatic heterocycles. The number of aryl methyl sites for hydroxylation is 2. The molecular formula is C25H34N4O2. The molecule has 1 aliphatic carbocycles. The Morgan fingerprint density at radius 2 is 2.03 bits per heavy atom. The summed E-state index contributed by atoms with van der Waals surface area (Å²) >= 11 is 0. The number of rotatable bonds is 5. The molecule has 3 heterocycles. The highest BCUT2D eigenvalue weighted by Crippen LogP contribution is 2.33. The largest absolute Gasteiger partial charge is 0.389 e. The smallest absolute Gasteiger partial charge is 0.225 e. The highest BCUT2D eigenvalue weighted by atomic mass is 16.3. The van der Waals surface area contributed by atoms with E-state index in [1.807, 2.05) is 36.9 Å². The molecule has 1 amide bonds. The molecule has 1 atom stereocenters. The summed E-state index contributed by atoms with van der Waals surface area (Å²) in [6, 6.07) is 8.09. The molecule has 31 heavy (non-hydrogen) atoms. The maximum atomic E-state index is 13.0. The van der Waals surface area contributed by atoms with Crippen LogP contribution in [0, 0.1) is 13.8 Å². The van der Waals surface area contributed by atoms with E-state index in [0.29, 0.717) is 6.54 Å². The average Bonchev–Trinajstić information content (AvgIpc) is 2.75. The zero-order valence-electron chi connectivity index (χ0n) is 18.7. The summed E-state index contributed by atoms with van der Waals surface area (Å²) in [5.41, 5.74) is 3.23. The van der Waals surface area contributed by atoms with Crippen molar-refractivity contribution < 1.29 is 9.90 Å². The van der Waals surface area contributed by atoms with Crippen LogP contribution in [0.2, 0.25) is 0 Å². The number of amides is 1. The summed E-state index contributed by atoms with van der Waals surface area (Å²) in [5.74, 6) is 1.15. The Labute approximate surface area is 185 Å². The van der Waals surface area contributed by atoms with Crippen molar-refractivity contribution in [1.29, 1.82) is 0 Å². The first-order chi connectivity index (χ1) is 14.9. The third-order valence-corrected chi connectivity index (χ3v) is 6.70. The fourth-order valence-electron chi connectivity index (χ4n) is 4.95. The molecule has 2 fully saturated rings. The van der Waals surface area contributed by atoms with Crippen LogP contribution in [0.1, 0.15) is 74.2 Å². The van der Waals surface area contributed by atoms with E-state index in [4.69, 9.17) is 4.98 Å². The van der Waals surface area contributed by atoms with Crippen molar-refractivity contribution in [2.75, 3.05) is 18.4 Å². The number of carbonyl (C=O) groups is 1. The monoisotopic (exact) mass is 422 g/mol. The number of nitrogens with one attached hydrogen (secondary N) is 1. The molecule has 2 aliphatic rings. The number of pyridine rings is 2. The lowest BCUT2D eigenvalue weighted by Gasteiger charge is -2.37. The second-order valence-electron chi connectivity index (χ2n) is 9.36. The van der Waals surface area contributed by atoms with E-state index in [1.165, 1.54) is 0 Å². The number of nitrogens with zero attached hydrogens (tertiary/aromatic N) is 3. The van der Waals surface area contributed by atoms with Crippen molar-refractivity contribution in [1.82, 2.24) is 14.9 Å². The number of hydrogen-bond acceptors (Lipinski definition) is 5. The van der Waals surface area contributed by atoms with Crippen molar-refractivity contribution in [3.8, 4) is 0 Å². The molecule has 0 aromatic carbocycles. The number of anilines is 2. The normalized spacial score (nSPS) is 21.0. The van der Waals surface area contributed by atoms with E-state index in [1.54, 1.807) is 6.20 Å². The van der Waals surface area contributed by atoms with Crippen molar-refractivity contribution in [3.63, 3.8) is 0 Å². The van der Waals surface area contributed by atoms with Crippen LogP contribution in [-0.2, 0) is 4.79 Å². The van der Waals surface area contributed by atoms with E-state index >= 15 is 0 Å². The lowest BCUT2D eigenvalue weighted by atomic mass is 9.82. The number of aliphatic hydroxyl groups is 1. The molecule has 2 aromatic rings. The molecule has 1 saturated heterocycles. The molecule has 1 saturated carbocycles. The molecular weight excluding hydrogens is 388 g/mol. The highest BCUT2D eigenvalue weighted by molar-refractivity contribution is 5.77. The van der Waals surface area contributed by atoms with Crippen molar-refractivity contribution >= 4 is 17.4 Å². The predicted octanol–water partition coefficient (Wildman–Crippen LogP) is 4.63. The molecule has 6 heteroatoms. The Kier molecular flexibility index (Phi) is 6.56. The van der Waals surface area contributed by atoms with Crippen molar-refractivity contribution in [2.45, 2.75) is 76.7 Å². The summed E-state index contributed by atoms with van der Waals surface area (Å²) in [4.78, 5) is 24.2. The second kappa shape index (κ2) is 9.35. The lowest BCUT2D eigenvalue weighted by molar-refractivity contribution is -0.139. The molecule has 166 valence electrons. The fourth-order valence-corrected chi connectivity index (χ4v) is 4.95. The van der Waals surface area contributed by atoms with Gasteiger partial charge in [0.05, 0.1) is 12.0 Å². The minimum atomic E-state index is -0.804. The van der Waals surface area contributed by atoms with Crippen LogP contribution in [0.4, 0.5) is 11.5 Å². The summed E-state index contributed by atoms with van der Waals surface area (Å²) in [6.45, 7) is 5.49. The Hall–Kier alpha value is -2.47. The van der Waals surface area contributed by atoms with Gasteiger partial charge in [0.15, 0.2) is 0 Å². The van der Waals surface area contributed by atoms with E-state index in [2.05, 4.69) is 16.4 Å². The zero-order valence-corrected chi connectivity index (χ0v) is 18.7. The van der Waals surface area contributed by atoms with Gasteiger partial charge in [-0.15, -0.1) is 0 Å². The lowest BCUT2D eigenvalue weighted by Crippen LogP contribution is -2.44. The first kappa shape index (κ1) is 21.8. The maximum Gasteiger partial charge on any atom is 0.225 e. The van der Waals surface area contributed by atoms with Crippen LogP contribution < -0.4 is 5.32 Å². The van der Waals surface area contributed by atoms with Gasteiger partial charge in [-0.2, -0.15) is 0 Å². The van der Waals surface area contributed by atoms with Crippen LogP contribution in [0.3, 0.4) is 0 Å². The third kappa shape index (κ3) is 5.42. The zero-order chi connectivity index (χ0) is 21.8. The summed E-state index contributed by atoms with van der Waals surface area (Å²) < 4.78 is 0. The minimum absolute atomic E-state index is 0.0872. The fraction of sp³-hybridized carbons (Fsp3) is 0.560. The van der Waals surface area contributed by atoms with E-state index in [9.17, 15) is 9.90 Å². The molecule has 0 bridgehead atoms. The van der Waals surface area contributed by atoms with Crippen molar-refractivity contribution in [3.05, 3.63) is 47.4 Å². The molecule has 6 nitrogen and oxygen atoms in total. The number of hydrogen-bond donors (Lipinski definition) is 2. The molecule has 2 N–H and O–H groups in total. The molecule has 0 radical (unpaired) electrons. The van der Waals surface area contributed by atoms with Gasteiger partial charge in [0.2, 0.25) is 5.91 Å². The molecule has 0 spiro atoms. The maximum absolute atomic E-state index is 13.0. The van der Waals surface area contributed by atoms with Crippen LogP contribution in [0.25, 0.3) is 0 Å². The van der Waals surface area contributed by atoms with Gasteiger partial charge in [-0.3, -0.25) is 9.78 Å². The van der Waals surface area contributed by atoms with Crippen LogP contribution in [0.15, 0.2) is 30.5 Å². The quantitative estimate of drug-likeness (QED) is 0.735. The Morgan fingerprint density at radius 1 is 1.23 bits per heavy atom. The number of aromatic nitrogens is 2. The molecule has 2 aromatic heterocycles. The van der Waals surface area contributed by atoms with Gasteiger partial charge in [-0.05, 0) is 63.3 Å². The van der Waals surface area contributed by atoms with Crippen LogP contribution in [0.5, 0.6) is 0 Å². The minimum Gasteiger partial charge on any atom is -0.389 e. The Bertz CT molecular complexity index is 923. The Morgan fingerprint density at radius 3 is 2.81 bits per heavy atom. The average molecular weight is 423 g/mol. The van der Waals surface area contributed by atoms with Gasteiger partial charge in [0, 0.05) is 42.3 Å². The van der Waals surface area contributed by atoms with Crippen molar-refractivity contribution in [2.24, 2.45) is 0 Å². The van der Waals surface area contributed by atoms with Gasteiger partial charge >= 0.3 is 0 Å². The van der Waals surface area contributed by atoms with Crippen LogP contribution >= 0.6 is 0 Å². The van der Waals surface area contributed by atoms with Gasteiger partial charge in [-0.1, -0.05) is 25.3 Å². The van der Waals surface area contributed by atoms with Gasteiger partial charge in [0.25, 0.3) is 0 Å². The van der Waals surface area contributed by atoms with Crippen LogP contribution in [-0.4, -0.2) is 44.6 Å². The number of carbonyl (C=O) groups excluding carboxylic acids is 1. The molecule has 0 unspecified atom stereocenters. The second-order valence-corrected chi connectivity index (χ2v) is 9.36.